The number of ether oxygens (including phenoxy) is 2. The van der Waals surface area contributed by atoms with Crippen LogP contribution in [0.1, 0.15) is 39.2 Å². The third kappa shape index (κ3) is 3.35. The van der Waals surface area contributed by atoms with E-state index in [2.05, 4.69) is 0 Å². The summed E-state index contributed by atoms with van der Waals surface area (Å²) in [4.78, 5) is 14.5. The van der Waals surface area contributed by atoms with Gasteiger partial charge in [0.1, 0.15) is 11.4 Å². The second kappa shape index (κ2) is 6.71. The van der Waals surface area contributed by atoms with Crippen molar-refractivity contribution in [3.05, 3.63) is 47.8 Å². The molecule has 0 radical (unpaired) electrons. The third-order valence-electron chi connectivity index (χ3n) is 5.53. The van der Waals surface area contributed by atoms with Crippen LogP contribution in [-0.4, -0.2) is 47.0 Å². The van der Waals surface area contributed by atoms with Gasteiger partial charge in [0, 0.05) is 18.2 Å². The van der Waals surface area contributed by atoms with Crippen molar-refractivity contribution in [2.45, 2.75) is 56.9 Å². The number of hydrogen-bond acceptors (Lipinski definition) is 4. The van der Waals surface area contributed by atoms with Gasteiger partial charge < -0.3 is 14.6 Å². The summed E-state index contributed by atoms with van der Waals surface area (Å²) >= 11 is 0. The molecule has 28 heavy (non-hydrogen) atoms. The molecular weight excluding hydrogens is 361 g/mol. The van der Waals surface area contributed by atoms with Crippen LogP contribution in [0.25, 0.3) is 10.8 Å². The van der Waals surface area contributed by atoms with E-state index in [1.807, 2.05) is 32.9 Å². The van der Waals surface area contributed by atoms with E-state index in [1.54, 1.807) is 23.1 Å². The van der Waals surface area contributed by atoms with Crippen molar-refractivity contribution in [2.24, 2.45) is 0 Å². The zero-order valence-corrected chi connectivity index (χ0v) is 16.4. The summed E-state index contributed by atoms with van der Waals surface area (Å²) in [5, 5.41) is 12.8. The Kier molecular flexibility index (Phi) is 4.59. The van der Waals surface area contributed by atoms with Crippen molar-refractivity contribution in [3.63, 3.8) is 0 Å². The predicted octanol–water partition coefficient (Wildman–Crippen LogP) is 3.96. The number of aliphatic hydroxyl groups is 1. The van der Waals surface area contributed by atoms with E-state index in [1.165, 1.54) is 6.07 Å². The molecule has 1 N–H and O–H groups in total. The summed E-state index contributed by atoms with van der Waals surface area (Å²) in [6, 6.07) is 9.66. The molecule has 0 saturated carbocycles. The van der Waals surface area contributed by atoms with E-state index in [9.17, 15) is 14.3 Å². The number of carbonyl (C=O) groups is 1. The molecule has 2 fully saturated rings. The fraction of sp³-hybridized carbons (Fsp3) is 0.500. The minimum atomic E-state index is -1.16. The molecule has 2 bridgehead atoms. The summed E-state index contributed by atoms with van der Waals surface area (Å²) in [5.74, 6) is -0.308. The van der Waals surface area contributed by atoms with Crippen LogP contribution in [0.3, 0.4) is 0 Å². The van der Waals surface area contributed by atoms with Crippen molar-refractivity contribution in [1.29, 1.82) is 0 Å². The topological polar surface area (TPSA) is 59.0 Å². The van der Waals surface area contributed by atoms with Gasteiger partial charge in [-0.05, 0) is 37.8 Å². The molecule has 1 amide bonds. The van der Waals surface area contributed by atoms with Gasteiger partial charge in [0.15, 0.2) is 0 Å². The maximum atomic E-state index is 14.2. The van der Waals surface area contributed by atoms with E-state index in [0.29, 0.717) is 42.4 Å². The van der Waals surface area contributed by atoms with Crippen molar-refractivity contribution in [1.82, 2.24) is 4.90 Å². The molecule has 5 nitrogen and oxygen atoms in total. The number of carbonyl (C=O) groups excluding carboxylic acids is 1. The summed E-state index contributed by atoms with van der Waals surface area (Å²) in [7, 11) is 0. The van der Waals surface area contributed by atoms with E-state index >= 15 is 0 Å². The van der Waals surface area contributed by atoms with E-state index in [0.717, 1.165) is 0 Å². The number of amides is 1. The van der Waals surface area contributed by atoms with Gasteiger partial charge in [-0.1, -0.05) is 30.3 Å². The molecule has 2 aliphatic rings. The number of nitrogens with zero attached hydrogens (tertiary/aromatic N) is 1. The second-order valence-corrected chi connectivity index (χ2v) is 8.81. The van der Waals surface area contributed by atoms with Gasteiger partial charge in [0.05, 0.1) is 30.9 Å². The van der Waals surface area contributed by atoms with Gasteiger partial charge in [0.25, 0.3) is 0 Å². The average Bonchev–Trinajstić information content (AvgIpc) is 2.59. The Balaban J connectivity index is 1.69. The molecule has 2 aliphatic heterocycles. The minimum Gasteiger partial charge on any atom is -0.444 e. The Labute approximate surface area is 164 Å². The van der Waals surface area contributed by atoms with Crippen molar-refractivity contribution >= 4 is 16.9 Å². The third-order valence-corrected chi connectivity index (χ3v) is 5.53. The van der Waals surface area contributed by atoms with Crippen LogP contribution in [0.15, 0.2) is 36.4 Å². The first kappa shape index (κ1) is 19.2. The molecule has 2 aromatic carbocycles. The molecule has 4 rings (SSSR count). The monoisotopic (exact) mass is 387 g/mol. The van der Waals surface area contributed by atoms with Crippen LogP contribution in [-0.2, 0) is 15.1 Å². The lowest BCUT2D eigenvalue weighted by atomic mass is 9.75. The highest BCUT2D eigenvalue weighted by Gasteiger charge is 2.50. The van der Waals surface area contributed by atoms with Gasteiger partial charge in [-0.2, -0.15) is 0 Å². The van der Waals surface area contributed by atoms with Crippen LogP contribution in [0.2, 0.25) is 0 Å². The lowest BCUT2D eigenvalue weighted by molar-refractivity contribution is -0.140. The van der Waals surface area contributed by atoms with Crippen LogP contribution in [0.5, 0.6) is 0 Å². The Morgan fingerprint density at radius 3 is 2.36 bits per heavy atom. The number of fused-ring (bicyclic) bond motifs is 3. The normalized spacial score (nSPS) is 27.7. The zero-order valence-electron chi connectivity index (χ0n) is 16.4. The van der Waals surface area contributed by atoms with Gasteiger partial charge in [-0.25, -0.2) is 9.18 Å². The quantitative estimate of drug-likeness (QED) is 0.805. The Morgan fingerprint density at radius 1 is 1.14 bits per heavy atom. The van der Waals surface area contributed by atoms with Gasteiger partial charge in [-0.15, -0.1) is 0 Å². The van der Waals surface area contributed by atoms with Crippen LogP contribution >= 0.6 is 0 Å². The fourth-order valence-corrected chi connectivity index (χ4v) is 4.48. The summed E-state index contributed by atoms with van der Waals surface area (Å²) in [6.07, 6.45) is 0.258. The summed E-state index contributed by atoms with van der Waals surface area (Å²) in [5.41, 5.74) is -1.05. The number of benzene rings is 2. The number of hydrogen-bond donors (Lipinski definition) is 1. The molecule has 2 unspecified atom stereocenters. The first-order chi connectivity index (χ1) is 13.2. The molecule has 0 spiro atoms. The Hall–Kier alpha value is -2.18. The number of rotatable bonds is 1. The maximum Gasteiger partial charge on any atom is 0.410 e. The molecule has 0 aliphatic carbocycles. The Bertz CT molecular complexity index is 893. The molecule has 150 valence electrons. The number of piperidine rings is 1. The zero-order chi connectivity index (χ0) is 20.1. The van der Waals surface area contributed by atoms with E-state index in [-0.39, 0.29) is 24.0 Å². The molecular formula is C22H26FNO4. The maximum absolute atomic E-state index is 14.2. The molecule has 2 saturated heterocycles. The van der Waals surface area contributed by atoms with E-state index in [4.69, 9.17) is 9.47 Å². The number of morpholine rings is 1. The highest BCUT2D eigenvalue weighted by atomic mass is 19.1. The van der Waals surface area contributed by atoms with Crippen molar-refractivity contribution in [3.8, 4) is 0 Å². The smallest absolute Gasteiger partial charge is 0.410 e. The van der Waals surface area contributed by atoms with Crippen molar-refractivity contribution in [2.75, 3.05) is 13.2 Å². The van der Waals surface area contributed by atoms with Gasteiger partial charge in [0.2, 0.25) is 0 Å². The highest BCUT2D eigenvalue weighted by molar-refractivity contribution is 5.87. The molecule has 6 heteroatoms. The molecule has 2 heterocycles. The number of halogens is 1. The summed E-state index contributed by atoms with van der Waals surface area (Å²) in [6.45, 7) is 6.20. The Morgan fingerprint density at radius 2 is 1.75 bits per heavy atom. The lowest BCUT2D eigenvalue weighted by Crippen LogP contribution is -2.63. The SMILES string of the molecule is CC(C)(C)OC(=O)N1C2COCC1CC(O)(c1ccc(F)c3ccccc13)C2. The standard InChI is InChI=1S/C22H26FNO4/c1-21(2,3)28-20(25)24-14-10-22(26,11-15(24)13-27-12-14)18-8-9-19(23)17-7-5-4-6-16(17)18/h4-9,14-15,26H,10-13H2,1-3H3. The highest BCUT2D eigenvalue weighted by Crippen LogP contribution is 2.44. The van der Waals surface area contributed by atoms with E-state index < -0.39 is 11.2 Å². The minimum absolute atomic E-state index is 0.295. The molecule has 2 atom stereocenters. The first-order valence-electron chi connectivity index (χ1n) is 9.67. The molecule has 0 aromatic heterocycles. The predicted molar refractivity (Wildman–Crippen MR) is 104 cm³/mol. The van der Waals surface area contributed by atoms with Crippen LogP contribution in [0, 0.1) is 5.82 Å². The summed E-state index contributed by atoms with van der Waals surface area (Å²) < 4.78 is 25.5. The first-order valence-corrected chi connectivity index (χ1v) is 9.67. The average molecular weight is 387 g/mol. The van der Waals surface area contributed by atoms with Crippen molar-refractivity contribution < 1.29 is 23.8 Å². The van der Waals surface area contributed by atoms with Gasteiger partial charge >= 0.3 is 6.09 Å². The second-order valence-electron chi connectivity index (χ2n) is 8.81. The van der Waals surface area contributed by atoms with Gasteiger partial charge in [-0.3, -0.25) is 4.90 Å². The largest absolute Gasteiger partial charge is 0.444 e. The van der Waals surface area contributed by atoms with Crippen LogP contribution in [0.4, 0.5) is 9.18 Å². The lowest BCUT2D eigenvalue weighted by Gasteiger charge is -2.51. The van der Waals surface area contributed by atoms with Crippen LogP contribution < -0.4 is 0 Å². The molecule has 2 aromatic rings. The fourth-order valence-electron chi connectivity index (χ4n) is 4.48.